The zero-order valence-electron chi connectivity index (χ0n) is 5.09. The van der Waals surface area contributed by atoms with Crippen molar-refractivity contribution in [1.29, 1.82) is 0 Å². The highest BCUT2D eigenvalue weighted by atomic mass is 32.1. The molecule has 0 saturated carbocycles. The van der Waals surface area contributed by atoms with E-state index in [-0.39, 0.29) is 17.1 Å². The van der Waals surface area contributed by atoms with E-state index >= 15 is 0 Å². The summed E-state index contributed by atoms with van der Waals surface area (Å²) in [7, 11) is 0. The van der Waals surface area contributed by atoms with Gasteiger partial charge in [0, 0.05) is 0 Å². The van der Waals surface area contributed by atoms with Crippen molar-refractivity contribution in [3.05, 3.63) is 0 Å². The fourth-order valence-corrected chi connectivity index (χ4v) is 0.329. The summed E-state index contributed by atoms with van der Waals surface area (Å²) >= 11 is 3.95. The zero-order valence-corrected chi connectivity index (χ0v) is 5.98. The molecule has 0 rings (SSSR count). The van der Waals surface area contributed by atoms with Gasteiger partial charge in [-0.2, -0.15) is 12.6 Å². The molecule has 0 aromatic carbocycles. The van der Waals surface area contributed by atoms with Crippen LogP contribution in [0.4, 0.5) is 0 Å². The lowest BCUT2D eigenvalue weighted by molar-refractivity contribution is -0.118. The standard InChI is InChI=1S/C5H11NOS/c1-3(2)4(8)5(6)7/h3-4,8H,1-2H3,(H2,6,7)/t4-/m0/s1. The Bertz CT molecular complexity index is 92.4. The summed E-state index contributed by atoms with van der Waals surface area (Å²) in [5, 5.41) is -0.296. The van der Waals surface area contributed by atoms with Gasteiger partial charge in [-0.1, -0.05) is 13.8 Å². The minimum atomic E-state index is -0.344. The normalized spacial score (nSPS) is 14.0. The minimum absolute atomic E-state index is 0.232. The van der Waals surface area contributed by atoms with E-state index in [1.807, 2.05) is 13.8 Å². The van der Waals surface area contributed by atoms with Crippen LogP contribution in [0.3, 0.4) is 0 Å². The third kappa shape index (κ3) is 2.21. The molecule has 0 saturated heterocycles. The second-order valence-electron chi connectivity index (χ2n) is 2.09. The van der Waals surface area contributed by atoms with Crippen LogP contribution in [0.5, 0.6) is 0 Å². The molecule has 0 unspecified atom stereocenters. The van der Waals surface area contributed by atoms with Crippen LogP contribution in [-0.2, 0) is 4.79 Å². The van der Waals surface area contributed by atoms with Crippen molar-refractivity contribution in [1.82, 2.24) is 0 Å². The predicted molar refractivity (Wildman–Crippen MR) is 36.8 cm³/mol. The second kappa shape index (κ2) is 2.97. The maximum Gasteiger partial charge on any atom is 0.230 e. The average molecular weight is 133 g/mol. The van der Waals surface area contributed by atoms with Gasteiger partial charge in [0.15, 0.2) is 0 Å². The van der Waals surface area contributed by atoms with Gasteiger partial charge in [0.05, 0.1) is 5.25 Å². The number of rotatable bonds is 2. The van der Waals surface area contributed by atoms with E-state index in [9.17, 15) is 4.79 Å². The number of carbonyl (C=O) groups excluding carboxylic acids is 1. The lowest BCUT2D eigenvalue weighted by Gasteiger charge is -2.08. The molecule has 2 nitrogen and oxygen atoms in total. The molecule has 1 amide bonds. The summed E-state index contributed by atoms with van der Waals surface area (Å²) < 4.78 is 0. The molecule has 0 fully saturated rings. The fourth-order valence-electron chi connectivity index (χ4n) is 0.329. The summed E-state index contributed by atoms with van der Waals surface area (Å²) in [6, 6.07) is 0. The molecule has 0 bridgehead atoms. The van der Waals surface area contributed by atoms with Gasteiger partial charge < -0.3 is 5.73 Å². The molecule has 0 spiro atoms. The third-order valence-corrected chi connectivity index (χ3v) is 1.77. The van der Waals surface area contributed by atoms with Crippen molar-refractivity contribution < 1.29 is 4.79 Å². The summed E-state index contributed by atoms with van der Waals surface area (Å²) in [6.45, 7) is 3.81. The SMILES string of the molecule is CC(C)[C@H](S)C(N)=O. The number of thiol groups is 1. The van der Waals surface area contributed by atoms with E-state index in [4.69, 9.17) is 5.73 Å². The average Bonchev–Trinajstić information content (AvgIpc) is 1.64. The highest BCUT2D eigenvalue weighted by Crippen LogP contribution is 2.06. The first-order valence-corrected chi connectivity index (χ1v) is 3.04. The van der Waals surface area contributed by atoms with Gasteiger partial charge in [0.1, 0.15) is 0 Å². The van der Waals surface area contributed by atoms with E-state index < -0.39 is 0 Å². The van der Waals surface area contributed by atoms with Gasteiger partial charge >= 0.3 is 0 Å². The topological polar surface area (TPSA) is 43.1 Å². The summed E-state index contributed by atoms with van der Waals surface area (Å²) in [4.78, 5) is 10.3. The lowest BCUT2D eigenvalue weighted by Crippen LogP contribution is -2.27. The molecule has 0 aliphatic rings. The molecule has 0 aliphatic carbocycles. The van der Waals surface area contributed by atoms with E-state index in [1.54, 1.807) is 0 Å². The van der Waals surface area contributed by atoms with Crippen molar-refractivity contribution in [2.24, 2.45) is 11.7 Å². The van der Waals surface area contributed by atoms with E-state index in [0.29, 0.717) is 0 Å². The molecule has 8 heavy (non-hydrogen) atoms. The van der Waals surface area contributed by atoms with Crippen LogP contribution in [0.1, 0.15) is 13.8 Å². The molecule has 0 radical (unpaired) electrons. The van der Waals surface area contributed by atoms with Gasteiger partial charge in [-0.05, 0) is 5.92 Å². The van der Waals surface area contributed by atoms with E-state index in [2.05, 4.69) is 12.6 Å². The van der Waals surface area contributed by atoms with Crippen molar-refractivity contribution in [2.45, 2.75) is 19.1 Å². The van der Waals surface area contributed by atoms with Crippen molar-refractivity contribution in [3.8, 4) is 0 Å². The number of nitrogens with two attached hydrogens (primary N) is 1. The maximum atomic E-state index is 10.3. The highest BCUT2D eigenvalue weighted by Gasteiger charge is 2.12. The monoisotopic (exact) mass is 133 g/mol. The van der Waals surface area contributed by atoms with Gasteiger partial charge in [0.2, 0.25) is 5.91 Å². The number of hydrogen-bond donors (Lipinski definition) is 2. The Kier molecular flexibility index (Phi) is 2.90. The van der Waals surface area contributed by atoms with Gasteiger partial charge in [-0.3, -0.25) is 4.79 Å². The minimum Gasteiger partial charge on any atom is -0.369 e. The predicted octanol–water partition coefficient (Wildman–Crippen LogP) is 0.426. The first-order valence-electron chi connectivity index (χ1n) is 2.53. The second-order valence-corrected chi connectivity index (χ2v) is 2.65. The lowest BCUT2D eigenvalue weighted by atomic mass is 10.1. The molecule has 0 heterocycles. The molecule has 3 heteroatoms. The first-order chi connectivity index (χ1) is 3.55. The van der Waals surface area contributed by atoms with Crippen LogP contribution in [0, 0.1) is 5.92 Å². The Morgan fingerprint density at radius 2 is 2.00 bits per heavy atom. The Morgan fingerprint density at radius 3 is 2.00 bits per heavy atom. The van der Waals surface area contributed by atoms with Gasteiger partial charge in [-0.25, -0.2) is 0 Å². The van der Waals surface area contributed by atoms with E-state index in [0.717, 1.165) is 0 Å². The maximum absolute atomic E-state index is 10.3. The van der Waals surface area contributed by atoms with Crippen molar-refractivity contribution >= 4 is 18.5 Å². The zero-order chi connectivity index (χ0) is 6.73. The number of primary amides is 1. The van der Waals surface area contributed by atoms with Gasteiger partial charge in [-0.15, -0.1) is 0 Å². The number of hydrogen-bond acceptors (Lipinski definition) is 2. The molecule has 0 aromatic rings. The molecular formula is C5H11NOS. The number of carbonyl (C=O) groups is 1. The molecule has 0 aliphatic heterocycles. The van der Waals surface area contributed by atoms with Crippen molar-refractivity contribution in [3.63, 3.8) is 0 Å². The Hall–Kier alpha value is -0.180. The summed E-state index contributed by atoms with van der Waals surface area (Å²) in [5.74, 6) is -0.112. The Morgan fingerprint density at radius 1 is 1.62 bits per heavy atom. The van der Waals surface area contributed by atoms with E-state index in [1.165, 1.54) is 0 Å². The van der Waals surface area contributed by atoms with Crippen LogP contribution < -0.4 is 5.73 Å². The molecule has 1 atom stereocenters. The fraction of sp³-hybridized carbons (Fsp3) is 0.800. The largest absolute Gasteiger partial charge is 0.369 e. The molecular weight excluding hydrogens is 122 g/mol. The highest BCUT2D eigenvalue weighted by molar-refractivity contribution is 7.81. The quantitative estimate of drug-likeness (QED) is 0.527. The first kappa shape index (κ1) is 7.82. The van der Waals surface area contributed by atoms with Crippen LogP contribution in [0.25, 0.3) is 0 Å². The molecule has 0 aromatic heterocycles. The van der Waals surface area contributed by atoms with Crippen molar-refractivity contribution in [2.75, 3.05) is 0 Å². The third-order valence-electron chi connectivity index (χ3n) is 0.923. The Balaban J connectivity index is 3.64. The summed E-state index contributed by atoms with van der Waals surface area (Å²) in [5.41, 5.74) is 4.92. The molecule has 48 valence electrons. The van der Waals surface area contributed by atoms with Crippen LogP contribution in [0.15, 0.2) is 0 Å². The van der Waals surface area contributed by atoms with Gasteiger partial charge in [0.25, 0.3) is 0 Å². The Labute approximate surface area is 54.9 Å². The number of amides is 1. The van der Waals surface area contributed by atoms with Crippen LogP contribution >= 0.6 is 12.6 Å². The van der Waals surface area contributed by atoms with Crippen LogP contribution in [-0.4, -0.2) is 11.2 Å². The summed E-state index contributed by atoms with van der Waals surface area (Å²) in [6.07, 6.45) is 0. The smallest absolute Gasteiger partial charge is 0.230 e. The van der Waals surface area contributed by atoms with Crippen LogP contribution in [0.2, 0.25) is 0 Å². The molecule has 2 N–H and O–H groups in total.